The Morgan fingerprint density at radius 1 is 1.00 bits per heavy atom. The summed E-state index contributed by atoms with van der Waals surface area (Å²) < 4.78 is 0.885. The van der Waals surface area contributed by atoms with Crippen LogP contribution in [0.3, 0.4) is 0 Å². The van der Waals surface area contributed by atoms with Gasteiger partial charge in [-0.1, -0.05) is 46.3 Å². The van der Waals surface area contributed by atoms with Crippen molar-refractivity contribution in [2.24, 2.45) is 0 Å². The molecule has 0 saturated heterocycles. The molecule has 6 nitrogen and oxygen atoms in total. The number of nitrogens with one attached hydrogen (secondary N) is 2. The third kappa shape index (κ3) is 6.04. The fraction of sp³-hybridized carbons (Fsp3) is 0.167. The predicted molar refractivity (Wildman–Crippen MR) is 96.2 cm³/mol. The summed E-state index contributed by atoms with van der Waals surface area (Å²) in [5.74, 6) is -2.09. The summed E-state index contributed by atoms with van der Waals surface area (Å²) in [6.45, 7) is -0.294. The molecule has 3 N–H and O–H groups in total. The van der Waals surface area contributed by atoms with Crippen molar-refractivity contribution in [1.29, 1.82) is 0 Å². The molecule has 1 atom stereocenters. The van der Waals surface area contributed by atoms with Crippen LogP contribution in [-0.4, -0.2) is 35.5 Å². The molecule has 7 heteroatoms. The first-order chi connectivity index (χ1) is 12.0. The average Bonchev–Trinajstić information content (AvgIpc) is 2.61. The van der Waals surface area contributed by atoms with Crippen molar-refractivity contribution in [2.45, 2.75) is 12.5 Å². The average molecular weight is 405 g/mol. The molecule has 2 amide bonds. The minimum Gasteiger partial charge on any atom is -0.480 e. The van der Waals surface area contributed by atoms with Gasteiger partial charge in [-0.15, -0.1) is 0 Å². The van der Waals surface area contributed by atoms with Gasteiger partial charge in [0.05, 0.1) is 6.54 Å². The Hall–Kier alpha value is -2.67. The second-order valence-electron chi connectivity index (χ2n) is 5.34. The van der Waals surface area contributed by atoms with E-state index >= 15 is 0 Å². The maximum Gasteiger partial charge on any atom is 0.326 e. The molecule has 25 heavy (non-hydrogen) atoms. The molecule has 0 aliphatic heterocycles. The van der Waals surface area contributed by atoms with E-state index < -0.39 is 23.8 Å². The van der Waals surface area contributed by atoms with Crippen LogP contribution < -0.4 is 10.6 Å². The van der Waals surface area contributed by atoms with Crippen LogP contribution in [0.1, 0.15) is 15.9 Å². The van der Waals surface area contributed by atoms with Gasteiger partial charge in [-0.25, -0.2) is 4.79 Å². The number of carboxylic acids is 1. The normalized spacial score (nSPS) is 11.4. The molecule has 0 heterocycles. The summed E-state index contributed by atoms with van der Waals surface area (Å²) in [5, 5.41) is 14.2. The molecule has 0 aromatic heterocycles. The van der Waals surface area contributed by atoms with Crippen molar-refractivity contribution in [2.75, 3.05) is 6.54 Å². The van der Waals surface area contributed by atoms with Crippen LogP contribution in [0.4, 0.5) is 0 Å². The molecular formula is C18H17BrN2O4. The van der Waals surface area contributed by atoms with Gasteiger partial charge in [-0.05, 0) is 29.8 Å². The van der Waals surface area contributed by atoms with Gasteiger partial charge in [0.1, 0.15) is 6.04 Å². The van der Waals surface area contributed by atoms with E-state index in [9.17, 15) is 19.5 Å². The molecule has 0 bridgehead atoms. The number of hydrogen-bond donors (Lipinski definition) is 3. The van der Waals surface area contributed by atoms with Crippen molar-refractivity contribution in [3.05, 3.63) is 70.2 Å². The van der Waals surface area contributed by atoms with Crippen LogP contribution in [0.15, 0.2) is 59.1 Å². The fourth-order valence-corrected chi connectivity index (χ4v) is 2.42. The van der Waals surface area contributed by atoms with Gasteiger partial charge in [0, 0.05) is 16.5 Å². The number of carbonyl (C=O) groups excluding carboxylic acids is 2. The minimum atomic E-state index is -1.13. The highest BCUT2D eigenvalue weighted by Gasteiger charge is 2.20. The lowest BCUT2D eigenvalue weighted by Crippen LogP contribution is -2.46. The van der Waals surface area contributed by atoms with Gasteiger partial charge in [0.15, 0.2) is 0 Å². The SMILES string of the molecule is O=C(CNC(=O)c1ccccc1)N[C@H](Cc1ccc(Br)cc1)C(=O)O. The zero-order chi connectivity index (χ0) is 18.2. The minimum absolute atomic E-state index is 0.154. The summed E-state index contributed by atoms with van der Waals surface area (Å²) in [7, 11) is 0. The fourth-order valence-electron chi connectivity index (χ4n) is 2.15. The highest BCUT2D eigenvalue weighted by molar-refractivity contribution is 9.10. The Bertz CT molecular complexity index is 747. The van der Waals surface area contributed by atoms with Crippen LogP contribution in [0.2, 0.25) is 0 Å². The number of halogens is 1. The van der Waals surface area contributed by atoms with E-state index in [4.69, 9.17) is 0 Å². The van der Waals surface area contributed by atoms with Crippen molar-refractivity contribution in [1.82, 2.24) is 10.6 Å². The van der Waals surface area contributed by atoms with E-state index in [0.717, 1.165) is 10.0 Å². The van der Waals surface area contributed by atoms with Crippen molar-refractivity contribution in [3.63, 3.8) is 0 Å². The van der Waals surface area contributed by atoms with E-state index in [2.05, 4.69) is 26.6 Å². The summed E-state index contributed by atoms with van der Waals surface area (Å²) in [4.78, 5) is 35.2. The number of aliphatic carboxylic acids is 1. The maximum atomic E-state index is 11.9. The maximum absolute atomic E-state index is 11.9. The van der Waals surface area contributed by atoms with E-state index in [1.165, 1.54) is 0 Å². The van der Waals surface area contributed by atoms with Gasteiger partial charge in [-0.2, -0.15) is 0 Å². The second-order valence-corrected chi connectivity index (χ2v) is 6.25. The molecular weight excluding hydrogens is 388 g/mol. The molecule has 2 rings (SSSR count). The zero-order valence-corrected chi connectivity index (χ0v) is 14.8. The van der Waals surface area contributed by atoms with Crippen molar-refractivity contribution >= 4 is 33.7 Å². The Kier molecular flexibility index (Phi) is 6.71. The van der Waals surface area contributed by atoms with Crippen LogP contribution in [0.25, 0.3) is 0 Å². The molecule has 0 spiro atoms. The molecule has 0 unspecified atom stereocenters. The summed E-state index contributed by atoms with van der Waals surface area (Å²) in [5.41, 5.74) is 1.21. The Morgan fingerprint density at radius 2 is 1.64 bits per heavy atom. The predicted octanol–water partition coefficient (Wildman–Crippen LogP) is 1.99. The molecule has 2 aromatic carbocycles. The molecule has 2 aromatic rings. The summed E-state index contributed by atoms with van der Waals surface area (Å²) in [6, 6.07) is 14.6. The van der Waals surface area contributed by atoms with E-state index in [1.807, 2.05) is 0 Å². The van der Waals surface area contributed by atoms with Gasteiger partial charge in [0.25, 0.3) is 5.91 Å². The number of benzene rings is 2. The highest BCUT2D eigenvalue weighted by atomic mass is 79.9. The molecule has 0 radical (unpaired) electrons. The zero-order valence-electron chi connectivity index (χ0n) is 13.2. The molecule has 0 fully saturated rings. The smallest absolute Gasteiger partial charge is 0.326 e. The highest BCUT2D eigenvalue weighted by Crippen LogP contribution is 2.12. The first-order valence-corrected chi connectivity index (χ1v) is 8.35. The summed E-state index contributed by atoms with van der Waals surface area (Å²) >= 11 is 3.31. The molecule has 0 aliphatic carbocycles. The Balaban J connectivity index is 1.88. The number of carbonyl (C=O) groups is 3. The molecule has 0 saturated carbocycles. The quantitative estimate of drug-likeness (QED) is 0.657. The molecule has 130 valence electrons. The van der Waals surface area contributed by atoms with Crippen molar-refractivity contribution in [3.8, 4) is 0 Å². The summed E-state index contributed by atoms with van der Waals surface area (Å²) in [6.07, 6.45) is 0.154. The van der Waals surface area contributed by atoms with E-state index in [-0.39, 0.29) is 13.0 Å². The van der Waals surface area contributed by atoms with Gasteiger partial charge in [-0.3, -0.25) is 9.59 Å². The number of amides is 2. The number of carboxylic acid groups (broad SMARTS) is 1. The first kappa shape index (κ1) is 18.7. The third-order valence-electron chi connectivity index (χ3n) is 3.43. The first-order valence-electron chi connectivity index (χ1n) is 7.55. The number of hydrogen-bond acceptors (Lipinski definition) is 3. The lowest BCUT2D eigenvalue weighted by atomic mass is 10.1. The number of rotatable bonds is 7. The Labute approximate surface area is 153 Å². The monoisotopic (exact) mass is 404 g/mol. The van der Waals surface area contributed by atoms with Gasteiger partial charge >= 0.3 is 5.97 Å². The van der Waals surface area contributed by atoms with Crippen LogP contribution in [0.5, 0.6) is 0 Å². The molecule has 0 aliphatic rings. The van der Waals surface area contributed by atoms with Crippen LogP contribution in [0, 0.1) is 0 Å². The van der Waals surface area contributed by atoms with Crippen LogP contribution in [-0.2, 0) is 16.0 Å². The largest absolute Gasteiger partial charge is 0.480 e. The second kappa shape index (κ2) is 8.98. The lowest BCUT2D eigenvalue weighted by Gasteiger charge is -2.15. The van der Waals surface area contributed by atoms with Gasteiger partial charge in [0.2, 0.25) is 5.91 Å². The standard InChI is InChI=1S/C18H17BrN2O4/c19-14-8-6-12(7-9-14)10-15(18(24)25)21-16(22)11-20-17(23)13-4-2-1-3-5-13/h1-9,15H,10-11H2,(H,20,23)(H,21,22)(H,24,25)/t15-/m1/s1. The van der Waals surface area contributed by atoms with E-state index in [1.54, 1.807) is 54.6 Å². The Morgan fingerprint density at radius 3 is 2.24 bits per heavy atom. The van der Waals surface area contributed by atoms with Crippen molar-refractivity contribution < 1.29 is 19.5 Å². The topological polar surface area (TPSA) is 95.5 Å². The lowest BCUT2D eigenvalue weighted by molar-refractivity contribution is -0.141. The third-order valence-corrected chi connectivity index (χ3v) is 3.96. The van der Waals surface area contributed by atoms with Gasteiger partial charge < -0.3 is 15.7 Å². The van der Waals surface area contributed by atoms with E-state index in [0.29, 0.717) is 5.56 Å². The van der Waals surface area contributed by atoms with Crippen LogP contribution >= 0.6 is 15.9 Å².